The Balaban J connectivity index is 0.00000196. The Bertz CT molecular complexity index is 299. The first-order chi connectivity index (χ1) is 6.45. The summed E-state index contributed by atoms with van der Waals surface area (Å²) in [5.74, 6) is 0. The summed E-state index contributed by atoms with van der Waals surface area (Å²) in [4.78, 5) is 0. The van der Waals surface area contributed by atoms with Crippen LogP contribution in [-0.4, -0.2) is 13.2 Å². The lowest BCUT2D eigenvalue weighted by molar-refractivity contribution is -0.156. The molecule has 6 heteroatoms. The van der Waals surface area contributed by atoms with E-state index in [1.807, 2.05) is 0 Å². The Kier molecular flexibility index (Phi) is 5.62. The van der Waals surface area contributed by atoms with Crippen molar-refractivity contribution >= 4 is 28.3 Å². The average molecular weight is 305 g/mol. The van der Waals surface area contributed by atoms with Gasteiger partial charge in [0.2, 0.25) is 0 Å². The number of rotatable bonds is 2. The highest BCUT2D eigenvalue weighted by Crippen LogP contribution is 2.32. The van der Waals surface area contributed by atoms with Gasteiger partial charge in [-0.15, -0.1) is 12.4 Å². The Labute approximate surface area is 101 Å². The third kappa shape index (κ3) is 4.01. The van der Waals surface area contributed by atoms with Crippen LogP contribution in [0.2, 0.25) is 0 Å². The minimum atomic E-state index is -4.26. The van der Waals surface area contributed by atoms with Crippen LogP contribution < -0.4 is 5.32 Å². The normalized spacial score (nSPS) is 13.1. The third-order valence-corrected chi connectivity index (χ3v) is 2.35. The lowest BCUT2D eigenvalue weighted by atomic mass is 10.1. The second kappa shape index (κ2) is 5.72. The van der Waals surface area contributed by atoms with Crippen molar-refractivity contribution in [2.75, 3.05) is 7.05 Å². The van der Waals surface area contributed by atoms with E-state index in [0.29, 0.717) is 0 Å². The van der Waals surface area contributed by atoms with Crippen molar-refractivity contribution in [3.05, 3.63) is 34.3 Å². The first-order valence-electron chi connectivity index (χ1n) is 3.94. The molecule has 0 aliphatic heterocycles. The molecule has 0 unspecified atom stereocenters. The van der Waals surface area contributed by atoms with E-state index >= 15 is 0 Å². The molecule has 0 saturated heterocycles. The van der Waals surface area contributed by atoms with E-state index in [2.05, 4.69) is 21.2 Å². The molecule has 1 N–H and O–H groups in total. The number of benzene rings is 1. The maximum absolute atomic E-state index is 12.4. The van der Waals surface area contributed by atoms with E-state index in [-0.39, 0.29) is 18.0 Å². The van der Waals surface area contributed by atoms with Gasteiger partial charge >= 0.3 is 6.18 Å². The quantitative estimate of drug-likeness (QED) is 0.878. The Morgan fingerprint density at radius 1 is 1.20 bits per heavy atom. The molecule has 0 radical (unpaired) electrons. The van der Waals surface area contributed by atoms with Gasteiger partial charge in [0, 0.05) is 4.47 Å². The minimum absolute atomic E-state index is 0. The van der Waals surface area contributed by atoms with Crippen LogP contribution in [0.25, 0.3) is 0 Å². The highest BCUT2D eigenvalue weighted by Gasteiger charge is 2.39. The number of hydrogen-bond donors (Lipinski definition) is 1. The molecule has 0 saturated carbocycles. The lowest BCUT2D eigenvalue weighted by Gasteiger charge is -2.19. The van der Waals surface area contributed by atoms with E-state index in [0.717, 1.165) is 4.47 Å². The summed E-state index contributed by atoms with van der Waals surface area (Å²) in [7, 11) is 1.29. The van der Waals surface area contributed by atoms with E-state index in [1.165, 1.54) is 19.2 Å². The highest BCUT2D eigenvalue weighted by atomic mass is 79.9. The third-order valence-electron chi connectivity index (χ3n) is 1.82. The van der Waals surface area contributed by atoms with E-state index < -0.39 is 12.2 Å². The van der Waals surface area contributed by atoms with Gasteiger partial charge in [0.25, 0.3) is 0 Å². The minimum Gasteiger partial charge on any atom is -0.306 e. The van der Waals surface area contributed by atoms with Gasteiger partial charge in [-0.05, 0) is 24.7 Å². The van der Waals surface area contributed by atoms with Gasteiger partial charge in [0.05, 0.1) is 0 Å². The van der Waals surface area contributed by atoms with Crippen LogP contribution in [0, 0.1) is 0 Å². The van der Waals surface area contributed by atoms with Crippen LogP contribution in [0.15, 0.2) is 28.7 Å². The summed E-state index contributed by atoms with van der Waals surface area (Å²) in [5.41, 5.74) is 0.211. The summed E-state index contributed by atoms with van der Waals surface area (Å²) >= 11 is 3.17. The topological polar surface area (TPSA) is 12.0 Å². The Hall–Kier alpha value is -0.260. The second-order valence-corrected chi connectivity index (χ2v) is 3.73. The molecule has 0 bridgehead atoms. The predicted molar refractivity (Wildman–Crippen MR) is 59.2 cm³/mol. The van der Waals surface area contributed by atoms with Crippen LogP contribution >= 0.6 is 28.3 Å². The molecular formula is C9H10BrClF3N. The SMILES string of the molecule is CN[C@@H](c1ccc(Br)cc1)C(F)(F)F.Cl. The maximum Gasteiger partial charge on any atom is 0.407 e. The van der Waals surface area contributed by atoms with Crippen LogP contribution in [0.3, 0.4) is 0 Å². The molecule has 1 rings (SSSR count). The Morgan fingerprint density at radius 3 is 2.00 bits per heavy atom. The highest BCUT2D eigenvalue weighted by molar-refractivity contribution is 9.10. The van der Waals surface area contributed by atoms with Crippen molar-refractivity contribution in [2.24, 2.45) is 0 Å². The van der Waals surface area contributed by atoms with E-state index in [4.69, 9.17) is 0 Å². The smallest absolute Gasteiger partial charge is 0.306 e. The molecule has 0 spiro atoms. The lowest BCUT2D eigenvalue weighted by Crippen LogP contribution is -2.31. The van der Waals surface area contributed by atoms with Crippen molar-refractivity contribution in [1.82, 2.24) is 5.32 Å². The predicted octanol–water partition coefficient (Wildman–Crippen LogP) is 3.69. The standard InChI is InChI=1S/C9H9BrF3N.ClH/c1-14-8(9(11,12)13)6-2-4-7(10)5-3-6;/h2-5,8,14H,1H3;1H/t8-;/m0./s1. The van der Waals surface area contributed by atoms with E-state index in [9.17, 15) is 13.2 Å². The van der Waals surface area contributed by atoms with Crippen molar-refractivity contribution in [3.63, 3.8) is 0 Å². The van der Waals surface area contributed by atoms with Crippen LogP contribution in [0.1, 0.15) is 11.6 Å². The molecule has 1 atom stereocenters. The first kappa shape index (κ1) is 14.7. The van der Waals surface area contributed by atoms with Gasteiger partial charge in [0.1, 0.15) is 6.04 Å². The van der Waals surface area contributed by atoms with Crippen molar-refractivity contribution in [2.45, 2.75) is 12.2 Å². The monoisotopic (exact) mass is 303 g/mol. The summed E-state index contributed by atoms with van der Waals surface area (Å²) < 4.78 is 38.1. The van der Waals surface area contributed by atoms with Crippen molar-refractivity contribution in [1.29, 1.82) is 0 Å². The zero-order valence-electron chi connectivity index (χ0n) is 7.81. The van der Waals surface area contributed by atoms with E-state index in [1.54, 1.807) is 12.1 Å². The fourth-order valence-corrected chi connectivity index (χ4v) is 1.44. The van der Waals surface area contributed by atoms with Crippen LogP contribution in [0.5, 0.6) is 0 Å². The van der Waals surface area contributed by atoms with Crippen LogP contribution in [0.4, 0.5) is 13.2 Å². The van der Waals surface area contributed by atoms with Gasteiger partial charge in [-0.1, -0.05) is 28.1 Å². The van der Waals surface area contributed by atoms with Gasteiger partial charge in [0.15, 0.2) is 0 Å². The van der Waals surface area contributed by atoms with Gasteiger partial charge in [-0.3, -0.25) is 0 Å². The Morgan fingerprint density at radius 2 is 1.67 bits per heavy atom. The van der Waals surface area contributed by atoms with Gasteiger partial charge in [-0.25, -0.2) is 0 Å². The summed E-state index contributed by atoms with van der Waals surface area (Å²) in [6.45, 7) is 0. The number of hydrogen-bond acceptors (Lipinski definition) is 1. The molecule has 0 aliphatic carbocycles. The molecule has 0 fully saturated rings. The van der Waals surface area contributed by atoms with Crippen molar-refractivity contribution in [3.8, 4) is 0 Å². The average Bonchev–Trinajstić information content (AvgIpc) is 2.07. The molecule has 15 heavy (non-hydrogen) atoms. The molecule has 1 aromatic rings. The largest absolute Gasteiger partial charge is 0.407 e. The van der Waals surface area contributed by atoms with Crippen molar-refractivity contribution < 1.29 is 13.2 Å². The molecule has 0 aromatic heterocycles. The molecule has 0 amide bonds. The molecule has 1 nitrogen and oxygen atoms in total. The van der Waals surface area contributed by atoms with Gasteiger partial charge in [-0.2, -0.15) is 13.2 Å². The zero-order valence-corrected chi connectivity index (χ0v) is 10.2. The molecule has 0 heterocycles. The fourth-order valence-electron chi connectivity index (χ4n) is 1.17. The zero-order chi connectivity index (χ0) is 10.8. The fraction of sp³-hybridized carbons (Fsp3) is 0.333. The number of halogens is 5. The van der Waals surface area contributed by atoms with Gasteiger partial charge < -0.3 is 5.32 Å². The summed E-state index contributed by atoms with van der Waals surface area (Å²) in [6, 6.07) is 4.46. The molecular weight excluding hydrogens is 294 g/mol. The molecule has 0 aliphatic rings. The second-order valence-electron chi connectivity index (χ2n) is 2.81. The first-order valence-corrected chi connectivity index (χ1v) is 4.74. The van der Waals surface area contributed by atoms with Crippen LogP contribution in [-0.2, 0) is 0 Å². The number of nitrogens with one attached hydrogen (secondary N) is 1. The maximum atomic E-state index is 12.4. The molecule has 1 aromatic carbocycles. The summed E-state index contributed by atoms with van der Waals surface area (Å²) in [5, 5.41) is 2.24. The number of alkyl halides is 3. The molecule has 86 valence electrons. The summed E-state index contributed by atoms with van der Waals surface area (Å²) in [6.07, 6.45) is -4.26.